The average molecular weight is 798 g/mol. The number of esters is 1. The molecule has 3 N–H and O–H groups in total. The normalized spacial score (nSPS) is 13.8. The molecule has 330 valence electrons. The minimum Gasteiger partial charge on any atom is -0.462 e. The fourth-order valence-corrected chi connectivity index (χ4v) is 6.99. The number of ether oxygens (including phenoxy) is 1. The highest BCUT2D eigenvalue weighted by atomic mass is 16.5. The van der Waals surface area contributed by atoms with Gasteiger partial charge in [0.15, 0.2) is 0 Å². The monoisotopic (exact) mass is 798 g/mol. The van der Waals surface area contributed by atoms with Crippen LogP contribution < -0.4 is 5.32 Å². The highest BCUT2D eigenvalue weighted by molar-refractivity contribution is 5.77. The smallest absolute Gasteiger partial charge is 0.306 e. The maximum Gasteiger partial charge on any atom is 0.306 e. The van der Waals surface area contributed by atoms with Crippen LogP contribution in [0.1, 0.15) is 226 Å². The van der Waals surface area contributed by atoms with Crippen LogP contribution in [0.3, 0.4) is 0 Å². The molecule has 0 aromatic rings. The second-order valence-electron chi connectivity index (χ2n) is 16.1. The SMILES string of the molecule is CC/C=C\C/C=C\C/C=C\C/C=C\C/C=C\CCCC(CC(=O)NC(CO)C(O)CCCCCCCCCCCCCC)OC(=O)CCCCCCCCCCC. The Morgan fingerprint density at radius 3 is 1.40 bits per heavy atom. The van der Waals surface area contributed by atoms with Gasteiger partial charge in [0.25, 0.3) is 0 Å². The van der Waals surface area contributed by atoms with Crippen LogP contribution in [0.15, 0.2) is 60.8 Å². The van der Waals surface area contributed by atoms with Gasteiger partial charge in [-0.05, 0) is 64.2 Å². The Morgan fingerprint density at radius 1 is 0.526 bits per heavy atom. The van der Waals surface area contributed by atoms with E-state index < -0.39 is 18.2 Å². The van der Waals surface area contributed by atoms with E-state index in [1.165, 1.54) is 96.3 Å². The van der Waals surface area contributed by atoms with Crippen LogP contribution in [0, 0.1) is 0 Å². The van der Waals surface area contributed by atoms with Gasteiger partial charge in [0.1, 0.15) is 6.10 Å². The third-order valence-electron chi connectivity index (χ3n) is 10.6. The van der Waals surface area contributed by atoms with Gasteiger partial charge in [-0.25, -0.2) is 0 Å². The summed E-state index contributed by atoms with van der Waals surface area (Å²) in [6.45, 7) is 6.32. The number of amides is 1. The summed E-state index contributed by atoms with van der Waals surface area (Å²) < 4.78 is 5.87. The van der Waals surface area contributed by atoms with Crippen molar-refractivity contribution in [3.8, 4) is 0 Å². The molecular formula is C51H91NO5. The molecule has 0 aliphatic rings. The van der Waals surface area contributed by atoms with Crippen LogP contribution in [0.2, 0.25) is 0 Å². The lowest BCUT2D eigenvalue weighted by Gasteiger charge is -2.24. The van der Waals surface area contributed by atoms with Crippen LogP contribution in [-0.2, 0) is 14.3 Å². The zero-order chi connectivity index (χ0) is 41.7. The average Bonchev–Trinajstić information content (AvgIpc) is 3.20. The minimum absolute atomic E-state index is 0.0387. The third-order valence-corrected chi connectivity index (χ3v) is 10.6. The van der Waals surface area contributed by atoms with E-state index in [1.807, 2.05) is 0 Å². The van der Waals surface area contributed by atoms with Crippen molar-refractivity contribution < 1.29 is 24.5 Å². The number of aliphatic hydroxyl groups excluding tert-OH is 2. The second-order valence-corrected chi connectivity index (χ2v) is 16.1. The molecule has 6 heteroatoms. The zero-order valence-electron chi connectivity index (χ0n) is 37.5. The minimum atomic E-state index is -0.801. The molecule has 6 nitrogen and oxygen atoms in total. The van der Waals surface area contributed by atoms with E-state index in [-0.39, 0.29) is 24.9 Å². The predicted molar refractivity (Wildman–Crippen MR) is 245 cm³/mol. The number of hydrogen-bond acceptors (Lipinski definition) is 5. The van der Waals surface area contributed by atoms with Crippen LogP contribution in [-0.4, -0.2) is 46.9 Å². The topological polar surface area (TPSA) is 95.9 Å². The molecule has 0 aromatic carbocycles. The molecule has 0 rings (SSSR count). The molecule has 3 unspecified atom stereocenters. The number of aliphatic hydroxyl groups is 2. The molecule has 3 atom stereocenters. The van der Waals surface area contributed by atoms with Gasteiger partial charge in [-0.3, -0.25) is 9.59 Å². The molecule has 1 amide bonds. The lowest BCUT2D eigenvalue weighted by molar-refractivity contribution is -0.151. The van der Waals surface area contributed by atoms with Gasteiger partial charge in [-0.15, -0.1) is 0 Å². The van der Waals surface area contributed by atoms with Crippen molar-refractivity contribution in [3.05, 3.63) is 60.8 Å². The summed E-state index contributed by atoms with van der Waals surface area (Å²) in [4.78, 5) is 26.0. The Kier molecular flexibility index (Phi) is 42.7. The van der Waals surface area contributed by atoms with Gasteiger partial charge < -0.3 is 20.3 Å². The molecule has 0 saturated carbocycles. The Balaban J connectivity index is 4.68. The largest absolute Gasteiger partial charge is 0.462 e. The van der Waals surface area contributed by atoms with E-state index in [0.717, 1.165) is 83.5 Å². The van der Waals surface area contributed by atoms with Crippen molar-refractivity contribution in [1.82, 2.24) is 5.32 Å². The molecule has 0 aromatic heterocycles. The standard InChI is InChI=1S/C51H91NO5/c1-4-7-10-13-16-19-21-23-24-25-26-27-28-31-33-36-39-42-47(57-51(56)44-41-38-35-30-18-15-12-9-6-3)45-50(55)52-48(46-53)49(54)43-40-37-34-32-29-22-20-17-14-11-8-5-2/h7,10,16,19,23-24,26-27,31,33,47-49,53-54H,4-6,8-9,11-15,17-18,20-22,25,28-30,32,34-46H2,1-3H3,(H,52,55)/b10-7-,19-16-,24-23-,27-26-,33-31-. The quantitative estimate of drug-likeness (QED) is 0.0325. The van der Waals surface area contributed by atoms with E-state index in [1.54, 1.807) is 0 Å². The third kappa shape index (κ3) is 40.1. The summed E-state index contributed by atoms with van der Waals surface area (Å²) in [6, 6.07) is -0.718. The van der Waals surface area contributed by atoms with Crippen molar-refractivity contribution in [1.29, 1.82) is 0 Å². The molecular weight excluding hydrogens is 707 g/mol. The number of carbonyl (C=O) groups excluding carboxylic acids is 2. The van der Waals surface area contributed by atoms with Crippen molar-refractivity contribution in [2.75, 3.05) is 6.61 Å². The van der Waals surface area contributed by atoms with Gasteiger partial charge in [-0.2, -0.15) is 0 Å². The molecule has 0 bridgehead atoms. The summed E-state index contributed by atoms with van der Waals surface area (Å²) in [5, 5.41) is 23.7. The molecule has 57 heavy (non-hydrogen) atoms. The number of rotatable bonds is 42. The van der Waals surface area contributed by atoms with E-state index in [9.17, 15) is 19.8 Å². The lowest BCUT2D eigenvalue weighted by Crippen LogP contribution is -2.46. The Hall–Kier alpha value is -2.44. The highest BCUT2D eigenvalue weighted by Crippen LogP contribution is 2.17. The van der Waals surface area contributed by atoms with Crippen LogP contribution in [0.5, 0.6) is 0 Å². The summed E-state index contributed by atoms with van der Waals surface area (Å²) in [6.07, 6.45) is 54.3. The molecule has 0 aliphatic heterocycles. The van der Waals surface area contributed by atoms with Crippen LogP contribution in [0.4, 0.5) is 0 Å². The van der Waals surface area contributed by atoms with Gasteiger partial charge >= 0.3 is 5.97 Å². The van der Waals surface area contributed by atoms with Gasteiger partial charge in [0.05, 0.1) is 25.2 Å². The van der Waals surface area contributed by atoms with Crippen molar-refractivity contribution in [3.63, 3.8) is 0 Å². The van der Waals surface area contributed by atoms with Gasteiger partial charge in [0, 0.05) is 6.42 Å². The Labute approximate surface area is 352 Å². The fourth-order valence-electron chi connectivity index (χ4n) is 6.99. The molecule has 0 spiro atoms. The molecule has 0 aliphatic carbocycles. The maximum atomic E-state index is 13.1. The number of hydrogen-bond donors (Lipinski definition) is 3. The van der Waals surface area contributed by atoms with E-state index in [4.69, 9.17) is 4.74 Å². The van der Waals surface area contributed by atoms with Crippen LogP contribution >= 0.6 is 0 Å². The van der Waals surface area contributed by atoms with Crippen molar-refractivity contribution >= 4 is 11.9 Å². The Bertz CT molecular complexity index is 1030. The first kappa shape index (κ1) is 54.6. The van der Waals surface area contributed by atoms with Crippen molar-refractivity contribution in [2.45, 2.75) is 244 Å². The summed E-state index contributed by atoms with van der Waals surface area (Å²) >= 11 is 0. The van der Waals surface area contributed by atoms with Gasteiger partial charge in [0.2, 0.25) is 5.91 Å². The fraction of sp³-hybridized carbons (Fsp3) is 0.765. The molecule has 0 fully saturated rings. The van der Waals surface area contributed by atoms with Crippen molar-refractivity contribution in [2.24, 2.45) is 0 Å². The first-order valence-electron chi connectivity index (χ1n) is 24.0. The van der Waals surface area contributed by atoms with E-state index in [0.29, 0.717) is 19.3 Å². The summed E-state index contributed by atoms with van der Waals surface area (Å²) in [5.74, 6) is -0.533. The van der Waals surface area contributed by atoms with E-state index in [2.05, 4.69) is 86.8 Å². The zero-order valence-corrected chi connectivity index (χ0v) is 37.5. The molecule has 0 saturated heterocycles. The van der Waals surface area contributed by atoms with Gasteiger partial charge in [-0.1, -0.05) is 210 Å². The Morgan fingerprint density at radius 2 is 0.947 bits per heavy atom. The first-order valence-corrected chi connectivity index (χ1v) is 24.0. The lowest BCUT2D eigenvalue weighted by atomic mass is 10.0. The number of nitrogens with one attached hydrogen (secondary N) is 1. The summed E-state index contributed by atoms with van der Waals surface area (Å²) in [5.41, 5.74) is 0. The highest BCUT2D eigenvalue weighted by Gasteiger charge is 2.24. The summed E-state index contributed by atoms with van der Waals surface area (Å²) in [7, 11) is 0. The van der Waals surface area contributed by atoms with E-state index >= 15 is 0 Å². The second kappa shape index (κ2) is 44.7. The maximum absolute atomic E-state index is 13.1. The molecule has 0 radical (unpaired) electrons. The number of carbonyl (C=O) groups is 2. The molecule has 0 heterocycles. The first-order chi connectivity index (χ1) is 28.0. The predicted octanol–water partition coefficient (Wildman–Crippen LogP) is 14.1. The van der Waals surface area contributed by atoms with Crippen LogP contribution in [0.25, 0.3) is 0 Å². The number of unbranched alkanes of at least 4 members (excludes halogenated alkanes) is 20. The number of allylic oxidation sites excluding steroid dienone is 10.